The summed E-state index contributed by atoms with van der Waals surface area (Å²) in [5, 5.41) is 6.15. The van der Waals surface area contributed by atoms with E-state index >= 15 is 0 Å². The van der Waals surface area contributed by atoms with Crippen LogP contribution in [0.15, 0.2) is 48.5 Å². The van der Waals surface area contributed by atoms with Gasteiger partial charge in [0.2, 0.25) is 5.91 Å². The lowest BCUT2D eigenvalue weighted by Crippen LogP contribution is -2.51. The minimum Gasteiger partial charge on any atom is -0.493 e. The number of benzene rings is 2. The van der Waals surface area contributed by atoms with Crippen LogP contribution in [0.3, 0.4) is 0 Å². The Morgan fingerprint density at radius 3 is 2.47 bits per heavy atom. The highest BCUT2D eigenvalue weighted by Crippen LogP contribution is 2.36. The van der Waals surface area contributed by atoms with Gasteiger partial charge in [-0.25, -0.2) is 4.79 Å². The Kier molecular flexibility index (Phi) is 9.19. The van der Waals surface area contributed by atoms with Gasteiger partial charge in [0.1, 0.15) is 0 Å². The number of urea groups is 1. The molecule has 0 spiro atoms. The van der Waals surface area contributed by atoms with Crippen LogP contribution in [0.4, 0.5) is 4.79 Å². The summed E-state index contributed by atoms with van der Waals surface area (Å²) in [5.74, 6) is 0.960. The summed E-state index contributed by atoms with van der Waals surface area (Å²) < 4.78 is 10.9. The zero-order chi connectivity index (χ0) is 24.5. The number of ether oxygens (including phenoxy) is 2. The van der Waals surface area contributed by atoms with Crippen LogP contribution in [0.25, 0.3) is 0 Å². The van der Waals surface area contributed by atoms with E-state index in [1.165, 1.54) is 0 Å². The van der Waals surface area contributed by atoms with E-state index in [0.717, 1.165) is 24.0 Å². The number of amides is 3. The van der Waals surface area contributed by atoms with Crippen LogP contribution in [-0.2, 0) is 4.79 Å². The van der Waals surface area contributed by atoms with E-state index in [9.17, 15) is 9.59 Å². The van der Waals surface area contributed by atoms with E-state index < -0.39 is 0 Å². The molecule has 3 amide bonds. The highest BCUT2D eigenvalue weighted by molar-refractivity contribution is 5.81. The van der Waals surface area contributed by atoms with Crippen molar-refractivity contribution in [3.63, 3.8) is 0 Å². The molecule has 1 fully saturated rings. The predicted octanol–water partition coefficient (Wildman–Crippen LogP) is 4.50. The van der Waals surface area contributed by atoms with Gasteiger partial charge in [0.15, 0.2) is 11.5 Å². The average molecular weight is 468 g/mol. The number of hydrogen-bond donors (Lipinski definition) is 2. The lowest BCUT2D eigenvalue weighted by molar-refractivity contribution is -0.127. The van der Waals surface area contributed by atoms with E-state index in [0.29, 0.717) is 37.6 Å². The first-order chi connectivity index (χ1) is 16.5. The molecule has 1 heterocycles. The van der Waals surface area contributed by atoms with Crippen molar-refractivity contribution in [1.29, 1.82) is 0 Å². The summed E-state index contributed by atoms with van der Waals surface area (Å²) >= 11 is 0. The second-order valence-electron chi connectivity index (χ2n) is 8.88. The van der Waals surface area contributed by atoms with Crippen LogP contribution in [0.5, 0.6) is 11.5 Å². The summed E-state index contributed by atoms with van der Waals surface area (Å²) in [7, 11) is 3.21. The van der Waals surface area contributed by atoms with Gasteiger partial charge in [0, 0.05) is 25.6 Å². The number of rotatable bonds is 9. The average Bonchev–Trinajstić information content (AvgIpc) is 2.88. The summed E-state index contributed by atoms with van der Waals surface area (Å²) in [4.78, 5) is 28.0. The zero-order valence-electron chi connectivity index (χ0n) is 20.7. The molecular formula is C27H37N3O4. The smallest absolute Gasteiger partial charge is 0.317 e. The van der Waals surface area contributed by atoms with E-state index in [-0.39, 0.29) is 29.8 Å². The van der Waals surface area contributed by atoms with E-state index in [4.69, 9.17) is 9.47 Å². The van der Waals surface area contributed by atoms with Crippen LogP contribution in [-0.4, -0.2) is 50.7 Å². The Morgan fingerprint density at radius 1 is 1.06 bits per heavy atom. The first-order valence-corrected chi connectivity index (χ1v) is 12.1. The number of carbonyl (C=O) groups excluding carboxylic acids is 2. The molecule has 1 saturated heterocycles. The highest BCUT2D eigenvalue weighted by Gasteiger charge is 2.35. The fourth-order valence-electron chi connectivity index (χ4n) is 4.44. The third-order valence-electron chi connectivity index (χ3n) is 6.45. The lowest BCUT2D eigenvalue weighted by Gasteiger charge is -2.38. The third-order valence-corrected chi connectivity index (χ3v) is 6.45. The molecule has 184 valence electrons. The van der Waals surface area contributed by atoms with Crippen molar-refractivity contribution in [3.05, 3.63) is 59.7 Å². The molecule has 0 unspecified atom stereocenters. The van der Waals surface area contributed by atoms with Gasteiger partial charge in [-0.2, -0.15) is 0 Å². The van der Waals surface area contributed by atoms with E-state index in [2.05, 4.69) is 17.6 Å². The standard InChI is InChI=1S/C27H37N3O4/c1-5-6-14-28-27(32)30-17-22(21-12-13-24(33-3)25(16-21)34-4)15-23(18-30)26(31)29-19(2)20-10-8-7-9-11-20/h7-13,16,19,22-23H,5-6,14-15,17-18H2,1-4H3,(H,28,32)(H,29,31)/t19-,22+,23-/m1/s1. The van der Waals surface area contributed by atoms with Gasteiger partial charge >= 0.3 is 6.03 Å². The molecule has 3 rings (SSSR count). The number of nitrogens with zero attached hydrogens (tertiary/aromatic N) is 1. The highest BCUT2D eigenvalue weighted by atomic mass is 16.5. The number of nitrogens with one attached hydrogen (secondary N) is 2. The number of piperidine rings is 1. The van der Waals surface area contributed by atoms with Crippen LogP contribution in [0, 0.1) is 5.92 Å². The van der Waals surface area contributed by atoms with Crippen molar-refractivity contribution in [2.45, 2.75) is 45.1 Å². The van der Waals surface area contributed by atoms with Crippen LogP contribution in [0.1, 0.15) is 56.2 Å². The topological polar surface area (TPSA) is 79.9 Å². The molecule has 3 atom stereocenters. The van der Waals surface area contributed by atoms with Crippen molar-refractivity contribution >= 4 is 11.9 Å². The molecule has 2 N–H and O–H groups in total. The maximum absolute atomic E-state index is 13.3. The Hall–Kier alpha value is -3.22. The molecule has 1 aliphatic rings. The third kappa shape index (κ3) is 6.43. The molecule has 2 aromatic carbocycles. The number of likely N-dealkylation sites (tertiary alicyclic amines) is 1. The SMILES string of the molecule is CCCCNC(=O)N1C[C@H](C(=O)N[C@H](C)c2ccccc2)C[C@H](c2ccc(OC)c(OC)c2)C1. The second-order valence-corrected chi connectivity index (χ2v) is 8.88. The molecule has 7 heteroatoms. The van der Waals surface area contributed by atoms with Gasteiger partial charge in [0.25, 0.3) is 0 Å². The quantitative estimate of drug-likeness (QED) is 0.533. The van der Waals surface area contributed by atoms with Crippen molar-refractivity contribution < 1.29 is 19.1 Å². The minimum absolute atomic E-state index is 0.00765. The predicted molar refractivity (Wildman–Crippen MR) is 133 cm³/mol. The molecule has 0 saturated carbocycles. The zero-order valence-corrected chi connectivity index (χ0v) is 20.7. The van der Waals surface area contributed by atoms with E-state index in [1.54, 1.807) is 19.1 Å². The van der Waals surface area contributed by atoms with Crippen LogP contribution >= 0.6 is 0 Å². The van der Waals surface area contributed by atoms with Crippen LogP contribution < -0.4 is 20.1 Å². The first kappa shape index (κ1) is 25.4. The maximum atomic E-state index is 13.3. The largest absolute Gasteiger partial charge is 0.493 e. The van der Waals surface area contributed by atoms with Gasteiger partial charge in [-0.05, 0) is 43.0 Å². The van der Waals surface area contributed by atoms with Gasteiger partial charge in [-0.1, -0.05) is 49.7 Å². The summed E-state index contributed by atoms with van der Waals surface area (Å²) in [5.41, 5.74) is 2.08. The van der Waals surface area contributed by atoms with Crippen molar-refractivity contribution in [2.75, 3.05) is 33.9 Å². The summed E-state index contributed by atoms with van der Waals surface area (Å²) in [6.45, 7) is 5.65. The summed E-state index contributed by atoms with van der Waals surface area (Å²) in [6, 6.07) is 15.5. The van der Waals surface area contributed by atoms with Gasteiger partial charge < -0.3 is 25.0 Å². The maximum Gasteiger partial charge on any atom is 0.317 e. The Bertz CT molecular complexity index is 950. The number of unbranched alkanes of at least 4 members (excludes halogenated alkanes) is 1. The molecule has 0 radical (unpaired) electrons. The Labute approximate surface area is 202 Å². The number of carbonyl (C=O) groups is 2. The van der Waals surface area contributed by atoms with Crippen LogP contribution in [0.2, 0.25) is 0 Å². The lowest BCUT2D eigenvalue weighted by atomic mass is 9.83. The summed E-state index contributed by atoms with van der Waals surface area (Å²) in [6.07, 6.45) is 2.59. The molecule has 0 aliphatic carbocycles. The Balaban J connectivity index is 1.79. The van der Waals surface area contributed by atoms with Gasteiger partial charge in [-0.15, -0.1) is 0 Å². The minimum atomic E-state index is -0.310. The van der Waals surface area contributed by atoms with Crippen molar-refractivity contribution in [3.8, 4) is 11.5 Å². The molecule has 0 aromatic heterocycles. The van der Waals surface area contributed by atoms with Gasteiger partial charge in [0.05, 0.1) is 26.2 Å². The molecule has 34 heavy (non-hydrogen) atoms. The fourth-order valence-corrected chi connectivity index (χ4v) is 4.44. The number of methoxy groups -OCH3 is 2. The molecule has 1 aliphatic heterocycles. The molecule has 7 nitrogen and oxygen atoms in total. The second kappa shape index (κ2) is 12.3. The van der Waals surface area contributed by atoms with Crippen molar-refractivity contribution in [2.24, 2.45) is 5.92 Å². The monoisotopic (exact) mass is 467 g/mol. The first-order valence-electron chi connectivity index (χ1n) is 12.1. The van der Waals surface area contributed by atoms with E-state index in [1.807, 2.05) is 55.5 Å². The molecule has 2 aromatic rings. The molecular weight excluding hydrogens is 430 g/mol. The van der Waals surface area contributed by atoms with Crippen molar-refractivity contribution in [1.82, 2.24) is 15.5 Å². The normalized spacial score (nSPS) is 18.6. The molecule has 0 bridgehead atoms. The Morgan fingerprint density at radius 2 is 1.79 bits per heavy atom. The number of hydrogen-bond acceptors (Lipinski definition) is 4. The fraction of sp³-hybridized carbons (Fsp3) is 0.481. The van der Waals surface area contributed by atoms with Gasteiger partial charge in [-0.3, -0.25) is 4.79 Å².